The summed E-state index contributed by atoms with van der Waals surface area (Å²) >= 11 is 0. The van der Waals surface area contributed by atoms with E-state index in [9.17, 15) is 0 Å². The molecule has 0 amide bonds. The summed E-state index contributed by atoms with van der Waals surface area (Å²) in [7, 11) is -3.13. The first kappa shape index (κ1) is 13.1. The molecule has 5 nitrogen and oxygen atoms in total. The van der Waals surface area contributed by atoms with Crippen LogP contribution < -0.4 is 4.74 Å². The van der Waals surface area contributed by atoms with E-state index in [4.69, 9.17) is 24.2 Å². The average Bonchev–Trinajstić information content (AvgIpc) is 2.15. The number of aliphatic hydroxyl groups is 1. The lowest BCUT2D eigenvalue weighted by atomic mass is 10.3. The lowest BCUT2D eigenvalue weighted by molar-refractivity contribution is 0.201. The van der Waals surface area contributed by atoms with Crippen molar-refractivity contribution in [1.29, 1.82) is 0 Å². The summed E-state index contributed by atoms with van der Waals surface area (Å²) < 4.78 is 13.8. The summed E-state index contributed by atoms with van der Waals surface area (Å²) in [6, 6.07) is 9.43. The van der Waals surface area contributed by atoms with Crippen LogP contribution in [-0.2, 0) is 4.57 Å². The molecule has 0 aliphatic carbocycles. The number of hydrogen-bond acceptors (Lipinski definition) is 3. The molecule has 3 N–H and O–H groups in total. The minimum atomic E-state index is -3.13. The van der Waals surface area contributed by atoms with Crippen molar-refractivity contribution < 1.29 is 24.2 Å². The molecule has 14 heavy (non-hydrogen) atoms. The highest BCUT2D eigenvalue weighted by Gasteiger charge is 1.86. The molecule has 1 aromatic rings. The van der Waals surface area contributed by atoms with E-state index >= 15 is 0 Å². The first-order chi connectivity index (χ1) is 6.66. The second kappa shape index (κ2) is 8.72. The van der Waals surface area contributed by atoms with Gasteiger partial charge < -0.3 is 19.6 Å². The fourth-order valence-electron chi connectivity index (χ4n) is 0.680. The van der Waals surface area contributed by atoms with Crippen LogP contribution in [0.25, 0.3) is 0 Å². The quantitative estimate of drug-likeness (QED) is 0.642. The number of rotatable bonds is 3. The number of ether oxygens (including phenoxy) is 1. The van der Waals surface area contributed by atoms with Gasteiger partial charge in [-0.1, -0.05) is 18.2 Å². The Morgan fingerprint density at radius 1 is 1.21 bits per heavy atom. The number of benzene rings is 1. The van der Waals surface area contributed by atoms with Crippen LogP contribution in [0.4, 0.5) is 0 Å². The van der Waals surface area contributed by atoms with Crippen molar-refractivity contribution >= 4 is 8.25 Å². The minimum absolute atomic E-state index is 0.0644. The highest BCUT2D eigenvalue weighted by atomic mass is 31.1. The normalized spacial score (nSPS) is 9.14. The van der Waals surface area contributed by atoms with E-state index in [1.807, 2.05) is 30.3 Å². The second-order valence-electron chi connectivity index (χ2n) is 2.17. The van der Waals surface area contributed by atoms with Crippen LogP contribution in [0.5, 0.6) is 5.75 Å². The number of hydrogen-bond donors (Lipinski definition) is 3. The average molecular weight is 220 g/mol. The van der Waals surface area contributed by atoms with Gasteiger partial charge in [-0.25, -0.2) is 0 Å². The van der Waals surface area contributed by atoms with Gasteiger partial charge in [0, 0.05) is 0 Å². The monoisotopic (exact) mass is 220 g/mol. The second-order valence-corrected chi connectivity index (χ2v) is 2.73. The number of para-hydroxylation sites is 1. The van der Waals surface area contributed by atoms with E-state index in [1.54, 1.807) is 0 Å². The van der Waals surface area contributed by atoms with Gasteiger partial charge >= 0.3 is 8.25 Å². The van der Waals surface area contributed by atoms with Crippen LogP contribution in [-0.4, -0.2) is 28.1 Å². The van der Waals surface area contributed by atoms with E-state index in [1.165, 1.54) is 0 Å². The van der Waals surface area contributed by atoms with Crippen LogP contribution in [0.1, 0.15) is 0 Å². The van der Waals surface area contributed by atoms with E-state index < -0.39 is 8.25 Å². The molecule has 1 aromatic carbocycles. The Morgan fingerprint density at radius 2 is 1.71 bits per heavy atom. The predicted molar refractivity (Wildman–Crippen MR) is 52.5 cm³/mol. The van der Waals surface area contributed by atoms with Gasteiger partial charge in [0.05, 0.1) is 6.61 Å². The summed E-state index contributed by atoms with van der Waals surface area (Å²) in [4.78, 5) is 14.3. The molecule has 0 aliphatic rings. The highest BCUT2D eigenvalue weighted by molar-refractivity contribution is 7.30. The molecule has 0 radical (unpaired) electrons. The van der Waals surface area contributed by atoms with Gasteiger partial charge in [0.25, 0.3) is 0 Å². The van der Waals surface area contributed by atoms with E-state index in [0.29, 0.717) is 6.61 Å². The van der Waals surface area contributed by atoms with Crippen LogP contribution >= 0.6 is 8.25 Å². The van der Waals surface area contributed by atoms with Gasteiger partial charge in [0.15, 0.2) is 0 Å². The van der Waals surface area contributed by atoms with Crippen LogP contribution in [0.3, 0.4) is 0 Å². The molecule has 0 aromatic heterocycles. The van der Waals surface area contributed by atoms with E-state index in [-0.39, 0.29) is 6.61 Å². The molecular formula is C8H13O5P. The van der Waals surface area contributed by atoms with Crippen LogP contribution in [0.15, 0.2) is 30.3 Å². The molecule has 0 saturated heterocycles. The Labute approximate surface area is 82.5 Å². The van der Waals surface area contributed by atoms with Crippen molar-refractivity contribution in [2.24, 2.45) is 0 Å². The zero-order chi connectivity index (χ0) is 10.8. The Bertz CT molecular complexity index is 247. The van der Waals surface area contributed by atoms with Gasteiger partial charge in [-0.15, -0.1) is 0 Å². The molecule has 0 saturated carbocycles. The van der Waals surface area contributed by atoms with Crippen molar-refractivity contribution in [1.82, 2.24) is 0 Å². The van der Waals surface area contributed by atoms with Crippen molar-refractivity contribution in [2.75, 3.05) is 13.2 Å². The maximum Gasteiger partial charge on any atom is 0.314 e. The highest BCUT2D eigenvalue weighted by Crippen LogP contribution is 2.07. The molecule has 0 unspecified atom stereocenters. The molecule has 80 valence electrons. The lowest BCUT2D eigenvalue weighted by Gasteiger charge is -2.01. The van der Waals surface area contributed by atoms with Gasteiger partial charge in [0.1, 0.15) is 12.4 Å². The summed E-state index contributed by atoms with van der Waals surface area (Å²) in [5, 5.41) is 8.40. The Hall–Kier alpha value is -0.870. The smallest absolute Gasteiger partial charge is 0.314 e. The maximum absolute atomic E-state index is 8.74. The van der Waals surface area contributed by atoms with Gasteiger partial charge in [-0.3, -0.25) is 4.57 Å². The predicted octanol–water partition coefficient (Wildman–Crippen LogP) is 0.418. The molecule has 0 heterocycles. The molecular weight excluding hydrogens is 207 g/mol. The van der Waals surface area contributed by atoms with Gasteiger partial charge in [-0.2, -0.15) is 0 Å². The Morgan fingerprint density at radius 3 is 2.14 bits per heavy atom. The molecule has 6 heteroatoms. The van der Waals surface area contributed by atoms with Crippen LogP contribution in [0.2, 0.25) is 0 Å². The summed E-state index contributed by atoms with van der Waals surface area (Å²) in [6.07, 6.45) is 0. The third-order valence-electron chi connectivity index (χ3n) is 1.10. The molecule has 0 atom stereocenters. The fourth-order valence-corrected chi connectivity index (χ4v) is 0.680. The first-order valence-corrected chi connectivity index (χ1v) is 5.17. The topological polar surface area (TPSA) is 87.0 Å². The fraction of sp³-hybridized carbons (Fsp3) is 0.250. The van der Waals surface area contributed by atoms with Crippen molar-refractivity contribution in [3.05, 3.63) is 30.3 Å². The molecule has 0 bridgehead atoms. The zero-order valence-corrected chi connectivity index (χ0v) is 8.46. The minimum Gasteiger partial charge on any atom is -0.491 e. The Kier molecular flexibility index (Phi) is 8.17. The number of aliphatic hydroxyl groups excluding tert-OH is 1. The summed E-state index contributed by atoms with van der Waals surface area (Å²) in [6.45, 7) is 0.429. The third kappa shape index (κ3) is 9.22. The van der Waals surface area contributed by atoms with E-state index in [2.05, 4.69) is 0 Å². The maximum atomic E-state index is 8.74. The summed E-state index contributed by atoms with van der Waals surface area (Å²) in [5.41, 5.74) is 0. The summed E-state index contributed by atoms with van der Waals surface area (Å²) in [5.74, 6) is 0.802. The largest absolute Gasteiger partial charge is 0.491 e. The lowest BCUT2D eigenvalue weighted by Crippen LogP contribution is -2.00. The molecule has 0 spiro atoms. The van der Waals surface area contributed by atoms with Crippen molar-refractivity contribution in [3.63, 3.8) is 0 Å². The van der Waals surface area contributed by atoms with Crippen LogP contribution in [0, 0.1) is 0 Å². The molecule has 1 rings (SSSR count). The van der Waals surface area contributed by atoms with Gasteiger partial charge in [-0.05, 0) is 12.1 Å². The van der Waals surface area contributed by atoms with E-state index in [0.717, 1.165) is 5.75 Å². The van der Waals surface area contributed by atoms with Gasteiger partial charge in [0.2, 0.25) is 0 Å². The SMILES string of the molecule is O=[PH](O)O.OCCOc1ccccc1. The Balaban J connectivity index is 0.000000364. The standard InChI is InChI=1S/C8H10O2.H3O3P/c9-6-7-10-8-4-2-1-3-5-8;1-4(2)3/h1-5,9H,6-7H2;4H,(H2,1,2,3). The first-order valence-electron chi connectivity index (χ1n) is 3.87. The third-order valence-corrected chi connectivity index (χ3v) is 1.10. The molecule has 0 fully saturated rings. The molecule has 0 aliphatic heterocycles. The van der Waals surface area contributed by atoms with Crippen molar-refractivity contribution in [3.8, 4) is 5.75 Å². The van der Waals surface area contributed by atoms with Crippen molar-refractivity contribution in [2.45, 2.75) is 0 Å². The zero-order valence-electron chi connectivity index (χ0n) is 7.46.